The quantitative estimate of drug-likeness (QED) is 0.593. The van der Waals surface area contributed by atoms with Crippen LogP contribution in [0.1, 0.15) is 65.9 Å². The van der Waals surface area contributed by atoms with E-state index in [1.165, 1.54) is 31.2 Å². The van der Waals surface area contributed by atoms with Crippen molar-refractivity contribution in [3.05, 3.63) is 23.8 Å². The van der Waals surface area contributed by atoms with Crippen molar-refractivity contribution in [1.29, 1.82) is 0 Å². The van der Waals surface area contributed by atoms with E-state index in [1.807, 2.05) is 12.1 Å². The second kappa shape index (κ2) is 12.0. The van der Waals surface area contributed by atoms with Crippen molar-refractivity contribution in [3.8, 4) is 11.5 Å². The summed E-state index contributed by atoms with van der Waals surface area (Å²) < 4.78 is 11.0. The maximum absolute atomic E-state index is 8.79. The molecular formula is C20H35NO3Sb. The maximum atomic E-state index is 8.79. The van der Waals surface area contributed by atoms with Crippen molar-refractivity contribution in [2.45, 2.75) is 65.7 Å². The molecular weight excluding hydrogens is 424 g/mol. The number of unbranched alkanes of at least 4 members (excludes halogenated alkanes) is 2. The van der Waals surface area contributed by atoms with E-state index < -0.39 is 22.5 Å². The Bertz CT molecular complexity index is 480. The van der Waals surface area contributed by atoms with Crippen molar-refractivity contribution >= 4 is 22.5 Å². The van der Waals surface area contributed by atoms with Gasteiger partial charge in [0.2, 0.25) is 0 Å². The fourth-order valence-corrected chi connectivity index (χ4v) is 4.10. The average molecular weight is 459 g/mol. The zero-order chi connectivity index (χ0) is 18.7. The molecule has 1 radical (unpaired) electrons. The third kappa shape index (κ3) is 8.19. The molecule has 1 heterocycles. The van der Waals surface area contributed by atoms with Gasteiger partial charge in [0.25, 0.3) is 0 Å². The first-order chi connectivity index (χ1) is 11.9. The van der Waals surface area contributed by atoms with Gasteiger partial charge in [0.15, 0.2) is 0 Å². The van der Waals surface area contributed by atoms with Crippen LogP contribution < -0.4 is 6.03 Å². The molecule has 4 nitrogen and oxygen atoms in total. The molecule has 0 atom stereocenters. The van der Waals surface area contributed by atoms with Crippen LogP contribution >= 0.6 is 0 Å². The number of fused-ring (bicyclic) bond motifs is 1. The minimum absolute atomic E-state index is 0.134. The van der Waals surface area contributed by atoms with Gasteiger partial charge in [-0.15, -0.1) is 0 Å². The molecule has 0 aliphatic carbocycles. The zero-order valence-electron chi connectivity index (χ0n) is 16.5. The molecule has 0 saturated carbocycles. The standard InChI is InChI=1S/C10H23NO.C10H14O2.Sb/c1-3-5-7-11(9-10-12)8-6-4-2;1-10(2,3)7-5-4-6-8(11)9(7)12;/h12H,3-10H2,1-2H3;4-6,11-12H,1-3H3;/q;;+2/p-2. The summed E-state index contributed by atoms with van der Waals surface area (Å²) in [4.78, 5) is 2.35. The monoisotopic (exact) mass is 458 g/mol. The van der Waals surface area contributed by atoms with Crippen molar-refractivity contribution in [2.75, 3.05) is 26.2 Å². The summed E-state index contributed by atoms with van der Waals surface area (Å²) in [6, 6.07) is 6.13. The second-order valence-electron chi connectivity index (χ2n) is 7.41. The van der Waals surface area contributed by atoms with E-state index in [2.05, 4.69) is 45.6 Å². The van der Waals surface area contributed by atoms with Crippen LogP contribution in [-0.4, -0.2) is 58.7 Å². The van der Waals surface area contributed by atoms with Crippen molar-refractivity contribution in [3.63, 3.8) is 0 Å². The van der Waals surface area contributed by atoms with Crippen LogP contribution in [0.3, 0.4) is 0 Å². The van der Waals surface area contributed by atoms with Gasteiger partial charge in [-0.3, -0.25) is 0 Å². The number of benzene rings is 1. The van der Waals surface area contributed by atoms with Crippen LogP contribution in [0.15, 0.2) is 18.2 Å². The summed E-state index contributed by atoms with van der Waals surface area (Å²) in [6.45, 7) is 14.4. The molecule has 0 bridgehead atoms. The van der Waals surface area contributed by atoms with Crippen LogP contribution in [0.5, 0.6) is 11.5 Å². The molecule has 0 aromatic heterocycles. The third-order valence-corrected chi connectivity index (χ3v) is 5.63. The predicted molar refractivity (Wildman–Crippen MR) is 105 cm³/mol. The number of aliphatic hydroxyl groups is 1. The number of aliphatic hydroxyl groups excluding tert-OH is 1. The van der Waals surface area contributed by atoms with Crippen molar-refractivity contribution in [2.24, 2.45) is 0 Å². The smallest absolute Gasteiger partial charge is 0.0558 e. The first-order valence-corrected chi connectivity index (χ1v) is 11.5. The topological polar surface area (TPSA) is 41.9 Å². The summed E-state index contributed by atoms with van der Waals surface area (Å²) in [6.07, 6.45) is 5.00. The van der Waals surface area contributed by atoms with Gasteiger partial charge in [0, 0.05) is 6.54 Å². The summed E-state index contributed by atoms with van der Waals surface area (Å²) in [5, 5.41) is 8.79. The molecule has 0 saturated heterocycles. The van der Waals surface area contributed by atoms with Gasteiger partial charge < -0.3 is 10.0 Å². The SMILES string of the molecule is CC(C)(C)c1cccc2c1[O][Sb][O]2.CCCCN(CCO)CCCC. The molecule has 5 heteroatoms. The van der Waals surface area contributed by atoms with E-state index in [0.717, 1.165) is 31.1 Å². The van der Waals surface area contributed by atoms with Gasteiger partial charge in [-0.05, 0) is 25.9 Å². The molecule has 0 unspecified atom stereocenters. The number of hydrogen-bond donors (Lipinski definition) is 1. The Labute approximate surface area is 165 Å². The minimum atomic E-state index is -0.881. The molecule has 25 heavy (non-hydrogen) atoms. The van der Waals surface area contributed by atoms with Crippen LogP contribution in [0, 0.1) is 0 Å². The first-order valence-electron chi connectivity index (χ1n) is 9.45. The van der Waals surface area contributed by atoms with Gasteiger partial charge >= 0.3 is 89.9 Å². The number of hydrogen-bond acceptors (Lipinski definition) is 4. The molecule has 2 rings (SSSR count). The number of para-hydroxylation sites is 1. The Morgan fingerprint density at radius 2 is 1.64 bits per heavy atom. The fourth-order valence-electron chi connectivity index (χ4n) is 2.61. The van der Waals surface area contributed by atoms with Crippen molar-refractivity contribution < 1.29 is 11.1 Å². The Morgan fingerprint density at radius 3 is 2.16 bits per heavy atom. The molecule has 1 aliphatic heterocycles. The normalized spacial score (nSPS) is 12.9. The minimum Gasteiger partial charge on any atom is -0.395 e. The molecule has 0 spiro atoms. The molecule has 143 valence electrons. The maximum Gasteiger partial charge on any atom is 0.0558 e. The van der Waals surface area contributed by atoms with Gasteiger partial charge in [-0.25, -0.2) is 0 Å². The fraction of sp³-hybridized carbons (Fsp3) is 0.700. The molecule has 1 aromatic rings. The largest absolute Gasteiger partial charge is 0.395 e. The number of nitrogens with zero attached hydrogens (tertiary/aromatic N) is 1. The van der Waals surface area contributed by atoms with Crippen LogP contribution in [0.25, 0.3) is 0 Å². The molecule has 1 aromatic carbocycles. The van der Waals surface area contributed by atoms with Gasteiger partial charge in [0.05, 0.1) is 6.61 Å². The summed E-state index contributed by atoms with van der Waals surface area (Å²) in [7, 11) is 0. The first kappa shape index (κ1) is 22.6. The molecule has 1 aliphatic rings. The zero-order valence-corrected chi connectivity index (χ0v) is 19.1. The predicted octanol–water partition coefficient (Wildman–Crippen LogP) is 4.17. The van der Waals surface area contributed by atoms with Gasteiger partial charge in [-0.1, -0.05) is 26.7 Å². The van der Waals surface area contributed by atoms with E-state index in [9.17, 15) is 0 Å². The average Bonchev–Trinajstić information content (AvgIpc) is 3.05. The third-order valence-electron chi connectivity index (χ3n) is 4.12. The Morgan fingerprint density at radius 1 is 1.00 bits per heavy atom. The van der Waals surface area contributed by atoms with Gasteiger partial charge in [-0.2, -0.15) is 0 Å². The number of rotatable bonds is 8. The summed E-state index contributed by atoms with van der Waals surface area (Å²) in [5.74, 6) is 1.91. The van der Waals surface area contributed by atoms with E-state index in [1.54, 1.807) is 0 Å². The Balaban J connectivity index is 0.000000252. The Hall–Kier alpha value is -0.442. The van der Waals surface area contributed by atoms with E-state index in [-0.39, 0.29) is 5.41 Å². The Kier molecular flexibility index (Phi) is 10.9. The molecule has 1 N–H and O–H groups in total. The molecule has 0 fully saturated rings. The van der Waals surface area contributed by atoms with Crippen LogP contribution in [0.4, 0.5) is 0 Å². The summed E-state index contributed by atoms with van der Waals surface area (Å²) >= 11 is -0.881. The van der Waals surface area contributed by atoms with E-state index in [0.29, 0.717) is 6.61 Å². The second-order valence-corrected chi connectivity index (χ2v) is 8.88. The van der Waals surface area contributed by atoms with Crippen LogP contribution in [0.2, 0.25) is 0 Å². The molecule has 0 amide bonds. The van der Waals surface area contributed by atoms with Crippen molar-refractivity contribution in [1.82, 2.24) is 4.90 Å². The summed E-state index contributed by atoms with van der Waals surface area (Å²) in [5.41, 5.74) is 1.38. The van der Waals surface area contributed by atoms with Crippen LogP contribution in [-0.2, 0) is 5.41 Å². The van der Waals surface area contributed by atoms with E-state index in [4.69, 9.17) is 11.1 Å². The van der Waals surface area contributed by atoms with E-state index >= 15 is 0 Å². The van der Waals surface area contributed by atoms with Gasteiger partial charge in [0.1, 0.15) is 0 Å².